The zero-order valence-corrected chi connectivity index (χ0v) is 11.5. The summed E-state index contributed by atoms with van der Waals surface area (Å²) < 4.78 is 0. The molecule has 0 spiro atoms. The number of thiophene rings is 1. The molecule has 0 bridgehead atoms. The van der Waals surface area contributed by atoms with Crippen molar-refractivity contribution in [3.8, 4) is 0 Å². The summed E-state index contributed by atoms with van der Waals surface area (Å²) in [5.41, 5.74) is 1.95. The third kappa shape index (κ3) is 2.82. The van der Waals surface area contributed by atoms with E-state index in [1.54, 1.807) is 31.3 Å². The van der Waals surface area contributed by atoms with Gasteiger partial charge in [0.15, 0.2) is 0 Å². The Morgan fingerprint density at radius 1 is 1.11 bits per heavy atom. The Labute approximate surface area is 115 Å². The summed E-state index contributed by atoms with van der Waals surface area (Å²) in [6.45, 7) is 1.85. The highest BCUT2D eigenvalue weighted by Gasteiger charge is 2.17. The standard InChI is InChI=1S/C14H14N2O2S/c1-9-8-19-14(11(9)13(18)15-2)16-12(17)10-6-4-3-5-7-10/h3-8H,1-2H3,(H,15,18)(H,16,17). The third-order valence-corrected chi connectivity index (χ3v) is 3.71. The van der Waals surface area contributed by atoms with E-state index in [1.807, 2.05) is 18.4 Å². The molecule has 0 atom stereocenters. The molecule has 0 fully saturated rings. The molecule has 2 N–H and O–H groups in total. The van der Waals surface area contributed by atoms with Crippen LogP contribution in [0.15, 0.2) is 35.7 Å². The van der Waals surface area contributed by atoms with Gasteiger partial charge >= 0.3 is 0 Å². The van der Waals surface area contributed by atoms with Crippen molar-refractivity contribution in [3.63, 3.8) is 0 Å². The van der Waals surface area contributed by atoms with Gasteiger partial charge in [-0.05, 0) is 30.0 Å². The number of anilines is 1. The predicted octanol–water partition coefficient (Wildman–Crippen LogP) is 2.67. The van der Waals surface area contributed by atoms with Crippen LogP contribution < -0.4 is 10.6 Å². The summed E-state index contributed by atoms with van der Waals surface area (Å²) in [7, 11) is 1.57. The highest BCUT2D eigenvalue weighted by Crippen LogP contribution is 2.28. The van der Waals surface area contributed by atoms with Crippen LogP contribution >= 0.6 is 11.3 Å². The normalized spacial score (nSPS) is 10.0. The lowest BCUT2D eigenvalue weighted by atomic mass is 10.2. The first-order valence-electron chi connectivity index (χ1n) is 5.80. The van der Waals surface area contributed by atoms with Crippen LogP contribution in [0, 0.1) is 6.92 Å². The largest absolute Gasteiger partial charge is 0.355 e. The summed E-state index contributed by atoms with van der Waals surface area (Å²) in [5, 5.41) is 7.79. The van der Waals surface area contributed by atoms with Crippen molar-refractivity contribution in [1.29, 1.82) is 0 Å². The van der Waals surface area contributed by atoms with E-state index in [1.165, 1.54) is 11.3 Å². The first-order valence-corrected chi connectivity index (χ1v) is 6.68. The number of carbonyl (C=O) groups excluding carboxylic acids is 2. The molecule has 2 amide bonds. The van der Waals surface area contributed by atoms with E-state index in [-0.39, 0.29) is 11.8 Å². The lowest BCUT2D eigenvalue weighted by Crippen LogP contribution is -2.21. The Kier molecular flexibility index (Phi) is 3.97. The molecule has 1 heterocycles. The van der Waals surface area contributed by atoms with Crippen LogP contribution in [0.25, 0.3) is 0 Å². The summed E-state index contributed by atoms with van der Waals surface area (Å²) in [6, 6.07) is 8.91. The quantitative estimate of drug-likeness (QED) is 0.904. The second-order valence-electron chi connectivity index (χ2n) is 4.02. The average Bonchev–Trinajstić information content (AvgIpc) is 2.80. The number of amides is 2. The Morgan fingerprint density at radius 2 is 1.79 bits per heavy atom. The van der Waals surface area contributed by atoms with Crippen molar-refractivity contribution in [3.05, 3.63) is 52.4 Å². The Morgan fingerprint density at radius 3 is 2.42 bits per heavy atom. The van der Waals surface area contributed by atoms with Crippen molar-refractivity contribution in [2.45, 2.75) is 6.92 Å². The third-order valence-electron chi connectivity index (χ3n) is 2.69. The fourth-order valence-electron chi connectivity index (χ4n) is 1.71. The van der Waals surface area contributed by atoms with Gasteiger partial charge in [0.05, 0.1) is 5.56 Å². The van der Waals surface area contributed by atoms with Gasteiger partial charge in [-0.25, -0.2) is 0 Å². The van der Waals surface area contributed by atoms with Crippen LogP contribution in [-0.2, 0) is 0 Å². The molecule has 2 aromatic rings. The van der Waals surface area contributed by atoms with Gasteiger partial charge < -0.3 is 10.6 Å². The smallest absolute Gasteiger partial charge is 0.256 e. The van der Waals surface area contributed by atoms with Crippen molar-refractivity contribution >= 4 is 28.2 Å². The number of rotatable bonds is 3. The fraction of sp³-hybridized carbons (Fsp3) is 0.143. The number of hydrogen-bond acceptors (Lipinski definition) is 3. The van der Waals surface area contributed by atoms with Crippen LogP contribution in [0.3, 0.4) is 0 Å². The van der Waals surface area contributed by atoms with Gasteiger partial charge in [0.25, 0.3) is 11.8 Å². The van der Waals surface area contributed by atoms with E-state index in [2.05, 4.69) is 10.6 Å². The summed E-state index contributed by atoms with van der Waals surface area (Å²) in [4.78, 5) is 23.8. The molecule has 4 nitrogen and oxygen atoms in total. The van der Waals surface area contributed by atoms with Crippen LogP contribution in [-0.4, -0.2) is 18.9 Å². The summed E-state index contributed by atoms with van der Waals surface area (Å²) in [6.07, 6.45) is 0. The lowest BCUT2D eigenvalue weighted by molar-refractivity contribution is 0.0964. The number of nitrogens with one attached hydrogen (secondary N) is 2. The lowest BCUT2D eigenvalue weighted by Gasteiger charge is -2.06. The molecule has 0 aliphatic carbocycles. The molecular formula is C14H14N2O2S. The van der Waals surface area contributed by atoms with E-state index in [0.29, 0.717) is 16.1 Å². The molecule has 0 unspecified atom stereocenters. The fourth-order valence-corrected chi connectivity index (χ4v) is 2.64. The molecule has 0 saturated heterocycles. The maximum Gasteiger partial charge on any atom is 0.256 e. The molecule has 19 heavy (non-hydrogen) atoms. The molecule has 1 aromatic carbocycles. The second kappa shape index (κ2) is 5.67. The van der Waals surface area contributed by atoms with Crippen molar-refractivity contribution in [2.24, 2.45) is 0 Å². The van der Waals surface area contributed by atoms with Gasteiger partial charge in [-0.3, -0.25) is 9.59 Å². The van der Waals surface area contributed by atoms with Gasteiger partial charge in [-0.1, -0.05) is 18.2 Å². The van der Waals surface area contributed by atoms with Crippen LogP contribution in [0.4, 0.5) is 5.00 Å². The van der Waals surface area contributed by atoms with Crippen molar-refractivity contribution in [2.75, 3.05) is 12.4 Å². The van der Waals surface area contributed by atoms with E-state index in [0.717, 1.165) is 5.56 Å². The Hall–Kier alpha value is -2.14. The molecule has 0 aliphatic heterocycles. The maximum absolute atomic E-state index is 12.1. The van der Waals surface area contributed by atoms with E-state index in [9.17, 15) is 9.59 Å². The highest BCUT2D eigenvalue weighted by molar-refractivity contribution is 7.15. The van der Waals surface area contributed by atoms with Gasteiger partial charge in [0.1, 0.15) is 5.00 Å². The van der Waals surface area contributed by atoms with Crippen molar-refractivity contribution < 1.29 is 9.59 Å². The second-order valence-corrected chi connectivity index (χ2v) is 4.90. The van der Waals surface area contributed by atoms with Gasteiger partial charge in [0.2, 0.25) is 0 Å². The van der Waals surface area contributed by atoms with Crippen molar-refractivity contribution in [1.82, 2.24) is 5.32 Å². The molecule has 0 radical (unpaired) electrons. The molecule has 0 saturated carbocycles. The maximum atomic E-state index is 12.1. The molecule has 0 aliphatic rings. The molecule has 5 heteroatoms. The number of hydrogen-bond donors (Lipinski definition) is 2. The van der Waals surface area contributed by atoms with Crippen LogP contribution in [0.5, 0.6) is 0 Å². The summed E-state index contributed by atoms with van der Waals surface area (Å²) in [5.74, 6) is -0.408. The minimum atomic E-state index is -0.215. The van der Waals surface area contributed by atoms with Gasteiger partial charge in [-0.15, -0.1) is 11.3 Å². The van der Waals surface area contributed by atoms with E-state index >= 15 is 0 Å². The molecular weight excluding hydrogens is 260 g/mol. The Bertz CT molecular complexity index is 605. The predicted molar refractivity (Wildman–Crippen MR) is 76.8 cm³/mol. The SMILES string of the molecule is CNC(=O)c1c(C)csc1NC(=O)c1ccccc1. The van der Waals surface area contributed by atoms with Gasteiger partial charge in [-0.2, -0.15) is 0 Å². The van der Waals surface area contributed by atoms with E-state index < -0.39 is 0 Å². The zero-order chi connectivity index (χ0) is 13.8. The molecule has 98 valence electrons. The average molecular weight is 274 g/mol. The topological polar surface area (TPSA) is 58.2 Å². The first kappa shape index (κ1) is 13.3. The number of benzene rings is 1. The minimum absolute atomic E-state index is 0.192. The molecule has 2 rings (SSSR count). The monoisotopic (exact) mass is 274 g/mol. The summed E-state index contributed by atoms with van der Waals surface area (Å²) >= 11 is 1.35. The van der Waals surface area contributed by atoms with Crippen LogP contribution in [0.1, 0.15) is 26.3 Å². The zero-order valence-electron chi connectivity index (χ0n) is 10.7. The van der Waals surface area contributed by atoms with Gasteiger partial charge in [0, 0.05) is 12.6 Å². The van der Waals surface area contributed by atoms with E-state index in [4.69, 9.17) is 0 Å². The number of aryl methyl sites for hydroxylation is 1. The minimum Gasteiger partial charge on any atom is -0.355 e. The first-order chi connectivity index (χ1) is 9.13. The number of carbonyl (C=O) groups is 2. The molecule has 1 aromatic heterocycles. The van der Waals surface area contributed by atoms with Crippen LogP contribution in [0.2, 0.25) is 0 Å². The highest BCUT2D eigenvalue weighted by atomic mass is 32.1. The Balaban J connectivity index is 2.25.